The molecule has 1 saturated carbocycles. The minimum Gasteiger partial charge on any atom is -0.326 e. The fraction of sp³-hybridized carbons (Fsp3) is 0.600. The quantitative estimate of drug-likeness (QED) is 0.875. The molecule has 0 radical (unpaired) electrons. The van der Waals surface area contributed by atoms with Gasteiger partial charge in [-0.2, -0.15) is 0 Å². The zero-order chi connectivity index (χ0) is 14.6. The van der Waals surface area contributed by atoms with Crippen molar-refractivity contribution >= 4 is 10.0 Å². The van der Waals surface area contributed by atoms with Crippen LogP contribution < -0.4 is 10.5 Å². The molecule has 0 spiro atoms. The van der Waals surface area contributed by atoms with Crippen molar-refractivity contribution in [2.45, 2.75) is 44.0 Å². The van der Waals surface area contributed by atoms with Crippen LogP contribution in [0.4, 0.5) is 0 Å². The summed E-state index contributed by atoms with van der Waals surface area (Å²) in [5.41, 5.74) is 6.27. The second-order valence-electron chi connectivity index (χ2n) is 5.79. The highest BCUT2D eigenvalue weighted by atomic mass is 32.2. The average molecular weight is 296 g/mol. The maximum absolute atomic E-state index is 12.4. The van der Waals surface area contributed by atoms with E-state index in [2.05, 4.69) is 11.6 Å². The van der Waals surface area contributed by atoms with Gasteiger partial charge in [0.15, 0.2) is 0 Å². The molecular formula is C15H24N2O2S. The second-order valence-corrected chi connectivity index (χ2v) is 7.53. The maximum Gasteiger partial charge on any atom is 0.240 e. The molecule has 1 aliphatic rings. The third kappa shape index (κ3) is 3.81. The van der Waals surface area contributed by atoms with E-state index in [0.717, 1.165) is 18.8 Å². The van der Waals surface area contributed by atoms with Crippen molar-refractivity contribution in [3.05, 3.63) is 29.8 Å². The van der Waals surface area contributed by atoms with E-state index in [9.17, 15) is 8.42 Å². The fourth-order valence-corrected chi connectivity index (χ4v) is 4.14. The van der Waals surface area contributed by atoms with Crippen LogP contribution in [0.15, 0.2) is 29.2 Å². The molecule has 1 fully saturated rings. The van der Waals surface area contributed by atoms with Gasteiger partial charge in [0.25, 0.3) is 0 Å². The largest absolute Gasteiger partial charge is 0.326 e. The average Bonchev–Trinajstić information content (AvgIpc) is 2.46. The van der Waals surface area contributed by atoms with Crippen molar-refractivity contribution in [1.82, 2.24) is 4.72 Å². The Labute approximate surface area is 121 Å². The van der Waals surface area contributed by atoms with Gasteiger partial charge in [-0.3, -0.25) is 0 Å². The fourth-order valence-electron chi connectivity index (χ4n) is 2.77. The lowest BCUT2D eigenvalue weighted by Gasteiger charge is -2.26. The molecule has 5 heteroatoms. The van der Waals surface area contributed by atoms with Gasteiger partial charge in [-0.1, -0.05) is 38.0 Å². The van der Waals surface area contributed by atoms with Gasteiger partial charge in [0, 0.05) is 13.1 Å². The summed E-state index contributed by atoms with van der Waals surface area (Å²) in [5.74, 6) is 1.24. The molecule has 0 aliphatic heterocycles. The van der Waals surface area contributed by atoms with Crippen molar-refractivity contribution in [3.63, 3.8) is 0 Å². The van der Waals surface area contributed by atoms with Crippen LogP contribution in [-0.2, 0) is 16.6 Å². The number of nitrogens with two attached hydrogens (primary N) is 1. The number of rotatable bonds is 5. The number of nitrogens with one attached hydrogen (secondary N) is 1. The van der Waals surface area contributed by atoms with Crippen molar-refractivity contribution in [2.24, 2.45) is 17.6 Å². The predicted octanol–water partition coefficient (Wildman–Crippen LogP) is 2.25. The van der Waals surface area contributed by atoms with E-state index in [1.807, 2.05) is 6.07 Å². The van der Waals surface area contributed by atoms with Gasteiger partial charge < -0.3 is 5.73 Å². The molecule has 1 aliphatic carbocycles. The molecule has 20 heavy (non-hydrogen) atoms. The molecule has 112 valence electrons. The summed E-state index contributed by atoms with van der Waals surface area (Å²) in [6.07, 6.45) is 4.63. The first-order valence-electron chi connectivity index (χ1n) is 7.30. The standard InChI is InChI=1S/C15H24N2O2S/c1-12-6-8-13(9-7-12)11-17-20(18,19)15-5-3-2-4-14(15)10-16/h2-5,12-13,17H,6-11,16H2,1H3. The Morgan fingerprint density at radius 3 is 2.50 bits per heavy atom. The first-order chi connectivity index (χ1) is 9.53. The van der Waals surface area contributed by atoms with Gasteiger partial charge in [0.2, 0.25) is 10.0 Å². The van der Waals surface area contributed by atoms with Crippen LogP contribution in [0.3, 0.4) is 0 Å². The van der Waals surface area contributed by atoms with Gasteiger partial charge >= 0.3 is 0 Å². The third-order valence-corrected chi connectivity index (χ3v) is 5.70. The summed E-state index contributed by atoms with van der Waals surface area (Å²) in [6, 6.07) is 6.92. The number of hydrogen-bond acceptors (Lipinski definition) is 3. The van der Waals surface area contributed by atoms with Crippen LogP contribution in [0.5, 0.6) is 0 Å². The van der Waals surface area contributed by atoms with Gasteiger partial charge in [-0.05, 0) is 36.3 Å². The van der Waals surface area contributed by atoms with Gasteiger partial charge in [-0.25, -0.2) is 13.1 Å². The summed E-state index contributed by atoms with van der Waals surface area (Å²) in [6.45, 7) is 3.03. The Balaban J connectivity index is 2.00. The SMILES string of the molecule is CC1CCC(CNS(=O)(=O)c2ccccc2CN)CC1. The minimum atomic E-state index is -3.45. The molecule has 0 amide bonds. The lowest BCUT2D eigenvalue weighted by molar-refractivity contribution is 0.290. The lowest BCUT2D eigenvalue weighted by Crippen LogP contribution is -2.31. The molecule has 1 aromatic carbocycles. The molecule has 0 bridgehead atoms. The summed E-state index contributed by atoms with van der Waals surface area (Å²) in [7, 11) is -3.45. The highest BCUT2D eigenvalue weighted by molar-refractivity contribution is 7.89. The van der Waals surface area contributed by atoms with Gasteiger partial charge in [0.05, 0.1) is 4.90 Å². The Morgan fingerprint density at radius 1 is 1.20 bits per heavy atom. The molecule has 0 saturated heterocycles. The normalized spacial score (nSPS) is 23.7. The van der Waals surface area contributed by atoms with Crippen molar-refractivity contribution in [1.29, 1.82) is 0 Å². The molecule has 0 aromatic heterocycles. The van der Waals surface area contributed by atoms with E-state index in [1.165, 1.54) is 12.8 Å². The molecule has 0 atom stereocenters. The van der Waals surface area contributed by atoms with Crippen LogP contribution >= 0.6 is 0 Å². The van der Waals surface area contributed by atoms with E-state index in [1.54, 1.807) is 18.2 Å². The summed E-state index contributed by atoms with van der Waals surface area (Å²) >= 11 is 0. The highest BCUT2D eigenvalue weighted by Crippen LogP contribution is 2.28. The molecular weight excluding hydrogens is 272 g/mol. The monoisotopic (exact) mass is 296 g/mol. The zero-order valence-corrected chi connectivity index (χ0v) is 12.8. The molecule has 1 aromatic rings. The number of benzene rings is 1. The predicted molar refractivity (Wildman–Crippen MR) is 80.6 cm³/mol. The summed E-state index contributed by atoms with van der Waals surface area (Å²) < 4.78 is 27.5. The summed E-state index contributed by atoms with van der Waals surface area (Å²) in [4.78, 5) is 0.312. The van der Waals surface area contributed by atoms with E-state index >= 15 is 0 Å². The Bertz CT molecular complexity index is 535. The first-order valence-corrected chi connectivity index (χ1v) is 8.79. The van der Waals surface area contributed by atoms with E-state index in [4.69, 9.17) is 5.73 Å². The molecule has 2 rings (SSSR count). The topological polar surface area (TPSA) is 72.2 Å². The minimum absolute atomic E-state index is 0.234. The van der Waals surface area contributed by atoms with Crippen LogP contribution in [-0.4, -0.2) is 15.0 Å². The maximum atomic E-state index is 12.4. The van der Waals surface area contributed by atoms with Crippen LogP contribution in [0, 0.1) is 11.8 Å². The first kappa shape index (κ1) is 15.5. The van der Waals surface area contributed by atoms with E-state index < -0.39 is 10.0 Å². The van der Waals surface area contributed by atoms with Crippen LogP contribution in [0.2, 0.25) is 0 Å². The molecule has 3 N–H and O–H groups in total. The van der Waals surface area contributed by atoms with Crippen molar-refractivity contribution in [2.75, 3.05) is 6.54 Å². The Kier molecular flexibility index (Phi) is 5.18. The summed E-state index contributed by atoms with van der Waals surface area (Å²) in [5, 5.41) is 0. The highest BCUT2D eigenvalue weighted by Gasteiger charge is 2.22. The Morgan fingerprint density at radius 2 is 1.85 bits per heavy atom. The number of sulfonamides is 1. The third-order valence-electron chi connectivity index (χ3n) is 4.18. The van der Waals surface area contributed by atoms with E-state index in [0.29, 0.717) is 22.9 Å². The van der Waals surface area contributed by atoms with E-state index in [-0.39, 0.29) is 6.54 Å². The second kappa shape index (κ2) is 6.70. The zero-order valence-electron chi connectivity index (χ0n) is 12.0. The van der Waals surface area contributed by atoms with Crippen molar-refractivity contribution < 1.29 is 8.42 Å². The molecule has 4 nitrogen and oxygen atoms in total. The molecule has 0 unspecified atom stereocenters. The van der Waals surface area contributed by atoms with Gasteiger partial charge in [-0.15, -0.1) is 0 Å². The lowest BCUT2D eigenvalue weighted by atomic mass is 9.83. The Hall–Kier alpha value is -0.910. The van der Waals surface area contributed by atoms with Gasteiger partial charge in [0.1, 0.15) is 0 Å². The van der Waals surface area contributed by atoms with Crippen molar-refractivity contribution in [3.8, 4) is 0 Å². The van der Waals surface area contributed by atoms with Crippen LogP contribution in [0.25, 0.3) is 0 Å². The van der Waals surface area contributed by atoms with Crippen LogP contribution in [0.1, 0.15) is 38.2 Å². The molecule has 0 heterocycles. The number of hydrogen-bond donors (Lipinski definition) is 2. The smallest absolute Gasteiger partial charge is 0.240 e.